The molecule has 0 N–H and O–H groups in total. The lowest BCUT2D eigenvalue weighted by molar-refractivity contribution is -0.230. The smallest absolute Gasteiger partial charge is 0.333 e. The maximum Gasteiger partial charge on any atom is 0.333 e. The Morgan fingerprint density at radius 3 is 1.29 bits per heavy atom. The molecule has 13 nitrogen and oxygen atoms in total. The van der Waals surface area contributed by atoms with Gasteiger partial charge in [0, 0.05) is 36.0 Å². The summed E-state index contributed by atoms with van der Waals surface area (Å²) in [7, 11) is 0. The van der Waals surface area contributed by atoms with Crippen molar-refractivity contribution in [2.75, 3.05) is 26.4 Å². The largest absolute Gasteiger partial charge is 0.462 e. The van der Waals surface area contributed by atoms with Crippen LogP contribution in [0.3, 0.4) is 0 Å². The third-order valence-electron chi connectivity index (χ3n) is 6.18. The van der Waals surface area contributed by atoms with Gasteiger partial charge in [-0.05, 0) is 59.3 Å². The summed E-state index contributed by atoms with van der Waals surface area (Å²) in [5.74, 6) is -3.19. The molecular formula is C32H46O13. The van der Waals surface area contributed by atoms with E-state index < -0.39 is 54.3 Å². The molecule has 0 amide bonds. The minimum atomic E-state index is -1.03. The van der Waals surface area contributed by atoms with Crippen molar-refractivity contribution in [1.82, 2.24) is 0 Å². The number of unbranched alkanes of at least 4 members (excludes halogenated alkanes) is 3. The fourth-order valence-corrected chi connectivity index (χ4v) is 3.67. The molecule has 0 aromatic heterocycles. The zero-order valence-electron chi connectivity index (χ0n) is 26.6. The molecule has 0 aromatic carbocycles. The lowest BCUT2D eigenvalue weighted by Gasteiger charge is -2.34. The Morgan fingerprint density at radius 1 is 0.556 bits per heavy atom. The monoisotopic (exact) mass is 638 g/mol. The zero-order valence-corrected chi connectivity index (χ0v) is 26.6. The first-order valence-electron chi connectivity index (χ1n) is 15.0. The average molecular weight is 639 g/mol. The predicted octanol–water partition coefficient (Wildman–Crippen LogP) is 3.97. The van der Waals surface area contributed by atoms with E-state index in [9.17, 15) is 28.8 Å². The summed E-state index contributed by atoms with van der Waals surface area (Å²) in [5, 5.41) is 0. The Balaban J connectivity index is 2.60. The standard InChI is InChI=1S/C32H46O13/c1-21(2)30(36)39-16-10-7-13-26(33)43-24-19-29(45-28(35)15-9-12-18-41-32(38)23(5)6)42-20-25(24)44-27(34)14-8-11-17-40-31(37)22(3)4/h24-25,29H,1,3,5,7-20H2,2,4,6H3/t24-,25?,29?/m0/s1. The van der Waals surface area contributed by atoms with Crippen molar-refractivity contribution in [3.8, 4) is 0 Å². The van der Waals surface area contributed by atoms with Gasteiger partial charge in [0.05, 0.1) is 32.8 Å². The lowest BCUT2D eigenvalue weighted by atomic mass is 10.1. The zero-order chi connectivity index (χ0) is 33.8. The number of carbonyl (C=O) groups is 6. The molecule has 3 atom stereocenters. The second kappa shape index (κ2) is 21.7. The Kier molecular flexibility index (Phi) is 18.8. The Labute approximate surface area is 264 Å². The van der Waals surface area contributed by atoms with Crippen molar-refractivity contribution < 1.29 is 61.9 Å². The minimum Gasteiger partial charge on any atom is -0.462 e. The van der Waals surface area contributed by atoms with E-state index in [2.05, 4.69) is 19.7 Å². The molecule has 1 rings (SSSR count). The van der Waals surface area contributed by atoms with Crippen molar-refractivity contribution in [2.24, 2.45) is 0 Å². The van der Waals surface area contributed by atoms with E-state index in [1.807, 2.05) is 0 Å². The first kappa shape index (κ1) is 39.0. The third kappa shape index (κ3) is 17.8. The van der Waals surface area contributed by atoms with Crippen LogP contribution in [0.15, 0.2) is 36.5 Å². The average Bonchev–Trinajstić information content (AvgIpc) is 2.97. The molecule has 1 saturated heterocycles. The maximum absolute atomic E-state index is 12.6. The van der Waals surface area contributed by atoms with Crippen LogP contribution >= 0.6 is 0 Å². The highest BCUT2D eigenvalue weighted by atomic mass is 16.7. The van der Waals surface area contributed by atoms with Crippen molar-refractivity contribution >= 4 is 35.8 Å². The molecule has 1 fully saturated rings. The van der Waals surface area contributed by atoms with Gasteiger partial charge in [0.1, 0.15) is 6.10 Å². The molecular weight excluding hydrogens is 592 g/mol. The molecule has 2 unspecified atom stereocenters. The summed E-state index contributed by atoms with van der Waals surface area (Å²) in [6.45, 7) is 15.3. The number of esters is 6. The Hall–Kier alpha value is -4.00. The van der Waals surface area contributed by atoms with Crippen LogP contribution in [0, 0.1) is 0 Å². The van der Waals surface area contributed by atoms with Gasteiger partial charge < -0.3 is 33.2 Å². The minimum absolute atomic E-state index is 0.0198. The summed E-state index contributed by atoms with van der Waals surface area (Å²) < 4.78 is 37.1. The highest BCUT2D eigenvalue weighted by molar-refractivity contribution is 5.87. The van der Waals surface area contributed by atoms with E-state index in [4.69, 9.17) is 33.2 Å². The predicted molar refractivity (Wildman–Crippen MR) is 159 cm³/mol. The summed E-state index contributed by atoms with van der Waals surface area (Å²) in [6.07, 6.45) is -0.378. The van der Waals surface area contributed by atoms with E-state index in [0.717, 1.165) is 0 Å². The van der Waals surface area contributed by atoms with Gasteiger partial charge in [-0.3, -0.25) is 14.4 Å². The third-order valence-corrected chi connectivity index (χ3v) is 6.18. The normalized spacial score (nSPS) is 17.3. The molecule has 1 aliphatic rings. The van der Waals surface area contributed by atoms with Crippen LogP contribution in [0.2, 0.25) is 0 Å². The Bertz CT molecular complexity index is 1080. The van der Waals surface area contributed by atoms with E-state index in [-0.39, 0.29) is 68.8 Å². The van der Waals surface area contributed by atoms with Gasteiger partial charge >= 0.3 is 35.8 Å². The molecule has 0 aliphatic carbocycles. The van der Waals surface area contributed by atoms with Crippen LogP contribution in [0.5, 0.6) is 0 Å². The van der Waals surface area contributed by atoms with Crippen molar-refractivity contribution in [2.45, 2.75) is 103 Å². The van der Waals surface area contributed by atoms with Crippen LogP contribution in [0.1, 0.15) is 85.0 Å². The molecule has 0 spiro atoms. The van der Waals surface area contributed by atoms with Gasteiger partial charge in [-0.15, -0.1) is 0 Å². The molecule has 1 aliphatic heterocycles. The fourth-order valence-electron chi connectivity index (χ4n) is 3.67. The SMILES string of the molecule is C=C(C)C(=O)OCCCCC(=O)OC1C[C@H](OC(=O)CCCCOC(=O)C(=C)C)C(OC(=O)CCCCOC(=O)C(=C)C)CO1. The number of carbonyl (C=O) groups excluding carboxylic acids is 6. The topological polar surface area (TPSA) is 167 Å². The number of hydrogen-bond donors (Lipinski definition) is 0. The molecule has 0 aromatic rings. The Morgan fingerprint density at radius 2 is 0.911 bits per heavy atom. The molecule has 1 heterocycles. The number of ether oxygens (including phenoxy) is 7. The van der Waals surface area contributed by atoms with Gasteiger partial charge in [0.2, 0.25) is 6.29 Å². The van der Waals surface area contributed by atoms with Crippen molar-refractivity contribution in [1.29, 1.82) is 0 Å². The number of hydrogen-bond acceptors (Lipinski definition) is 13. The van der Waals surface area contributed by atoms with Crippen LogP contribution < -0.4 is 0 Å². The summed E-state index contributed by atoms with van der Waals surface area (Å²) in [5.41, 5.74) is 0.845. The first-order chi connectivity index (χ1) is 21.3. The van der Waals surface area contributed by atoms with Gasteiger partial charge in [-0.2, -0.15) is 0 Å². The first-order valence-corrected chi connectivity index (χ1v) is 15.0. The van der Waals surface area contributed by atoms with Crippen LogP contribution in [0.4, 0.5) is 0 Å². The van der Waals surface area contributed by atoms with Gasteiger partial charge in [-0.25, -0.2) is 14.4 Å². The van der Waals surface area contributed by atoms with Crippen molar-refractivity contribution in [3.63, 3.8) is 0 Å². The van der Waals surface area contributed by atoms with Crippen LogP contribution in [-0.2, 0) is 61.9 Å². The summed E-state index contributed by atoms with van der Waals surface area (Å²) in [4.78, 5) is 71.8. The molecule has 252 valence electrons. The van der Waals surface area contributed by atoms with Gasteiger partial charge in [0.25, 0.3) is 0 Å². The molecule has 0 radical (unpaired) electrons. The van der Waals surface area contributed by atoms with E-state index >= 15 is 0 Å². The molecule has 0 bridgehead atoms. The second-order valence-corrected chi connectivity index (χ2v) is 10.7. The van der Waals surface area contributed by atoms with Crippen LogP contribution in [0.25, 0.3) is 0 Å². The fraction of sp³-hybridized carbons (Fsp3) is 0.625. The quantitative estimate of drug-likeness (QED) is 0.0767. The second-order valence-electron chi connectivity index (χ2n) is 10.7. The lowest BCUT2D eigenvalue weighted by Crippen LogP contribution is -2.47. The maximum atomic E-state index is 12.6. The summed E-state index contributed by atoms with van der Waals surface area (Å²) in [6, 6.07) is 0. The van der Waals surface area contributed by atoms with Gasteiger partial charge in [-0.1, -0.05) is 19.7 Å². The highest BCUT2D eigenvalue weighted by Crippen LogP contribution is 2.23. The molecule has 13 heteroatoms. The van der Waals surface area contributed by atoms with E-state index in [1.54, 1.807) is 0 Å². The highest BCUT2D eigenvalue weighted by Gasteiger charge is 2.38. The van der Waals surface area contributed by atoms with Gasteiger partial charge in [0.15, 0.2) is 6.10 Å². The van der Waals surface area contributed by atoms with E-state index in [1.165, 1.54) is 20.8 Å². The molecule has 45 heavy (non-hydrogen) atoms. The van der Waals surface area contributed by atoms with E-state index in [0.29, 0.717) is 38.5 Å². The van der Waals surface area contributed by atoms with Crippen LogP contribution in [-0.4, -0.2) is 80.7 Å². The number of rotatable bonds is 21. The molecule has 0 saturated carbocycles. The summed E-state index contributed by atoms with van der Waals surface area (Å²) >= 11 is 0. The van der Waals surface area contributed by atoms with Crippen molar-refractivity contribution in [3.05, 3.63) is 36.5 Å².